The monoisotopic (exact) mass is 310 g/mol. The standard InChI is InChI=1S/C8H14N2O.C7H8O2S/c1-4-7(5-8(9)11)10-6(2)3;1-2-5(8)6-3-4-7(9)10-6/h4H,5H2,1-3H3,(H2,9,11);3-4,9H,2H2,1H3/b7-4-;. The summed E-state index contributed by atoms with van der Waals surface area (Å²) in [6.45, 7) is 7.40. The molecule has 0 unspecified atom stereocenters. The first-order chi connectivity index (χ1) is 9.79. The molecule has 0 radical (unpaired) electrons. The van der Waals surface area contributed by atoms with Crippen LogP contribution in [-0.4, -0.2) is 22.5 Å². The molecule has 6 heteroatoms. The zero-order chi connectivity index (χ0) is 16.4. The Morgan fingerprint density at radius 1 is 1.38 bits per heavy atom. The van der Waals surface area contributed by atoms with E-state index in [-0.39, 0.29) is 23.2 Å². The lowest BCUT2D eigenvalue weighted by molar-refractivity contribution is -0.117. The van der Waals surface area contributed by atoms with Gasteiger partial charge in [-0.3, -0.25) is 14.6 Å². The molecule has 1 aromatic rings. The minimum absolute atomic E-state index is 0.0882. The van der Waals surface area contributed by atoms with Gasteiger partial charge in [0, 0.05) is 17.8 Å². The highest BCUT2D eigenvalue weighted by Gasteiger charge is 2.04. The summed E-state index contributed by atoms with van der Waals surface area (Å²) in [5.74, 6) is -0.256. The molecule has 21 heavy (non-hydrogen) atoms. The molecule has 116 valence electrons. The number of carbonyl (C=O) groups is 2. The van der Waals surface area contributed by atoms with Gasteiger partial charge in [-0.1, -0.05) is 24.3 Å². The van der Waals surface area contributed by atoms with Gasteiger partial charge in [0.1, 0.15) is 0 Å². The molecule has 0 saturated heterocycles. The molecule has 0 aliphatic heterocycles. The Hall–Kier alpha value is -1.95. The van der Waals surface area contributed by atoms with Gasteiger partial charge in [0.05, 0.1) is 11.3 Å². The molecular formula is C15H22N2O3S. The largest absolute Gasteiger partial charge is 0.499 e. The zero-order valence-electron chi connectivity index (χ0n) is 12.8. The van der Waals surface area contributed by atoms with Gasteiger partial charge in [0.25, 0.3) is 0 Å². The van der Waals surface area contributed by atoms with E-state index in [9.17, 15) is 9.59 Å². The third kappa shape index (κ3) is 8.75. The van der Waals surface area contributed by atoms with E-state index in [1.54, 1.807) is 19.1 Å². The number of hydrogen-bond donors (Lipinski definition) is 2. The van der Waals surface area contributed by atoms with Gasteiger partial charge in [-0.25, -0.2) is 0 Å². The lowest BCUT2D eigenvalue weighted by Crippen LogP contribution is -2.10. The average molecular weight is 310 g/mol. The Kier molecular flexibility index (Phi) is 8.96. The van der Waals surface area contributed by atoms with Crippen LogP contribution in [0.25, 0.3) is 0 Å². The van der Waals surface area contributed by atoms with Crippen LogP contribution in [0, 0.1) is 0 Å². The molecule has 0 aliphatic rings. The fourth-order valence-electron chi connectivity index (χ4n) is 1.32. The highest BCUT2D eigenvalue weighted by atomic mass is 32.1. The SMILES string of the molecule is C/C=C(/CC(N)=O)N=C(C)C.CCC(=O)c1ccc(O)s1. The quantitative estimate of drug-likeness (QED) is 0.645. The van der Waals surface area contributed by atoms with E-state index < -0.39 is 0 Å². The summed E-state index contributed by atoms with van der Waals surface area (Å²) in [6.07, 6.45) is 2.51. The van der Waals surface area contributed by atoms with Crippen LogP contribution in [0.4, 0.5) is 0 Å². The molecule has 0 spiro atoms. The maximum Gasteiger partial charge on any atom is 0.223 e. The van der Waals surface area contributed by atoms with Crippen LogP contribution in [0.1, 0.15) is 50.2 Å². The number of amides is 1. The Balaban J connectivity index is 0.000000382. The second kappa shape index (κ2) is 9.88. The molecule has 0 aliphatic carbocycles. The van der Waals surface area contributed by atoms with Crippen molar-refractivity contribution >= 4 is 28.7 Å². The van der Waals surface area contributed by atoms with Crippen molar-refractivity contribution in [2.24, 2.45) is 10.7 Å². The van der Waals surface area contributed by atoms with Gasteiger partial charge >= 0.3 is 0 Å². The lowest BCUT2D eigenvalue weighted by atomic mass is 10.3. The van der Waals surface area contributed by atoms with Gasteiger partial charge in [-0.05, 0) is 32.9 Å². The van der Waals surface area contributed by atoms with Crippen molar-refractivity contribution in [3.8, 4) is 5.06 Å². The molecule has 0 fully saturated rings. The number of rotatable bonds is 5. The van der Waals surface area contributed by atoms with Crippen molar-refractivity contribution in [2.45, 2.75) is 40.5 Å². The Morgan fingerprint density at radius 2 is 2.00 bits per heavy atom. The summed E-state index contributed by atoms with van der Waals surface area (Å²) in [5, 5.41) is 9.07. The van der Waals surface area contributed by atoms with Gasteiger partial charge in [-0.2, -0.15) is 0 Å². The molecule has 5 nitrogen and oxygen atoms in total. The van der Waals surface area contributed by atoms with Crippen LogP contribution in [0.2, 0.25) is 0 Å². The third-order valence-electron chi connectivity index (χ3n) is 2.24. The number of hydrogen-bond acceptors (Lipinski definition) is 5. The maximum atomic E-state index is 10.9. The number of aliphatic imine (C=N–C) groups is 1. The van der Waals surface area contributed by atoms with E-state index in [2.05, 4.69) is 4.99 Å². The van der Waals surface area contributed by atoms with Crippen molar-refractivity contribution in [1.82, 2.24) is 0 Å². The second-order valence-corrected chi connectivity index (χ2v) is 5.46. The minimum Gasteiger partial charge on any atom is -0.499 e. The van der Waals surface area contributed by atoms with Crippen LogP contribution in [0.3, 0.4) is 0 Å². The first-order valence-corrected chi connectivity index (χ1v) is 7.39. The first kappa shape index (κ1) is 19.1. The van der Waals surface area contributed by atoms with Crippen molar-refractivity contribution < 1.29 is 14.7 Å². The van der Waals surface area contributed by atoms with Crippen LogP contribution < -0.4 is 5.73 Å². The van der Waals surface area contributed by atoms with E-state index >= 15 is 0 Å². The van der Waals surface area contributed by atoms with Crippen LogP contribution in [0.15, 0.2) is 28.9 Å². The smallest absolute Gasteiger partial charge is 0.223 e. The molecule has 0 atom stereocenters. The predicted molar refractivity (Wildman–Crippen MR) is 87.0 cm³/mol. The number of carbonyl (C=O) groups excluding carboxylic acids is 2. The topological polar surface area (TPSA) is 92.8 Å². The Labute approximate surface area is 129 Å². The summed E-state index contributed by atoms with van der Waals surface area (Å²) in [6, 6.07) is 3.18. The lowest BCUT2D eigenvalue weighted by Gasteiger charge is -1.97. The molecule has 0 aromatic carbocycles. The maximum absolute atomic E-state index is 10.9. The number of thiophene rings is 1. The van der Waals surface area contributed by atoms with Crippen molar-refractivity contribution in [3.05, 3.63) is 28.8 Å². The van der Waals surface area contributed by atoms with E-state index in [1.165, 1.54) is 6.07 Å². The van der Waals surface area contributed by atoms with E-state index in [0.29, 0.717) is 11.3 Å². The summed E-state index contributed by atoms with van der Waals surface area (Å²) in [5.41, 5.74) is 6.66. The van der Waals surface area contributed by atoms with Gasteiger partial charge in [-0.15, -0.1) is 0 Å². The molecule has 1 heterocycles. The normalized spacial score (nSPS) is 10.4. The molecular weight excluding hydrogens is 288 g/mol. The summed E-state index contributed by atoms with van der Waals surface area (Å²) >= 11 is 1.13. The van der Waals surface area contributed by atoms with Crippen molar-refractivity contribution in [3.63, 3.8) is 0 Å². The molecule has 0 bridgehead atoms. The number of primary amides is 1. The number of nitrogens with zero attached hydrogens (tertiary/aromatic N) is 1. The number of aromatic hydroxyl groups is 1. The second-order valence-electron chi connectivity index (χ2n) is 4.40. The third-order valence-corrected chi connectivity index (χ3v) is 3.17. The van der Waals surface area contributed by atoms with E-state index in [1.807, 2.05) is 20.8 Å². The molecule has 1 aromatic heterocycles. The number of allylic oxidation sites excluding steroid dienone is 1. The molecule has 0 saturated carbocycles. The van der Waals surface area contributed by atoms with E-state index in [0.717, 1.165) is 22.7 Å². The van der Waals surface area contributed by atoms with Crippen molar-refractivity contribution in [2.75, 3.05) is 0 Å². The number of nitrogens with two attached hydrogens (primary N) is 1. The van der Waals surface area contributed by atoms with Crippen LogP contribution in [-0.2, 0) is 4.79 Å². The van der Waals surface area contributed by atoms with Gasteiger partial charge in [0.2, 0.25) is 5.91 Å². The number of ketones is 1. The minimum atomic E-state index is -0.344. The van der Waals surface area contributed by atoms with Crippen molar-refractivity contribution in [1.29, 1.82) is 0 Å². The van der Waals surface area contributed by atoms with Gasteiger partial charge in [0.15, 0.2) is 10.8 Å². The van der Waals surface area contributed by atoms with Crippen LogP contribution >= 0.6 is 11.3 Å². The fraction of sp³-hybridized carbons (Fsp3) is 0.400. The highest BCUT2D eigenvalue weighted by Crippen LogP contribution is 2.23. The number of Topliss-reactive ketones (excluding diaryl/α,β-unsaturated/α-hetero) is 1. The van der Waals surface area contributed by atoms with Crippen LogP contribution in [0.5, 0.6) is 5.06 Å². The highest BCUT2D eigenvalue weighted by molar-refractivity contribution is 7.15. The summed E-state index contributed by atoms with van der Waals surface area (Å²) < 4.78 is 0. The summed E-state index contributed by atoms with van der Waals surface area (Å²) in [7, 11) is 0. The molecule has 3 N–H and O–H groups in total. The average Bonchev–Trinajstić information content (AvgIpc) is 2.83. The zero-order valence-corrected chi connectivity index (χ0v) is 13.7. The predicted octanol–water partition coefficient (Wildman–Crippen LogP) is 3.29. The molecule has 1 rings (SSSR count). The first-order valence-electron chi connectivity index (χ1n) is 6.57. The van der Waals surface area contributed by atoms with Gasteiger partial charge < -0.3 is 10.8 Å². The molecule has 1 amide bonds. The fourth-order valence-corrected chi connectivity index (χ4v) is 2.08. The summed E-state index contributed by atoms with van der Waals surface area (Å²) in [4.78, 5) is 26.1. The van der Waals surface area contributed by atoms with E-state index in [4.69, 9.17) is 10.8 Å². The Bertz CT molecular complexity index is 541. The Morgan fingerprint density at radius 3 is 2.33 bits per heavy atom.